The van der Waals surface area contributed by atoms with Crippen LogP contribution in [0.4, 0.5) is 4.79 Å². The number of rotatable bonds is 6. The van der Waals surface area contributed by atoms with Gasteiger partial charge < -0.3 is 14.8 Å². The van der Waals surface area contributed by atoms with Crippen LogP contribution in [0.5, 0.6) is 0 Å². The van der Waals surface area contributed by atoms with Gasteiger partial charge in [-0.05, 0) is 12.8 Å². The van der Waals surface area contributed by atoms with Crippen molar-refractivity contribution in [3.05, 3.63) is 0 Å². The predicted molar refractivity (Wildman–Crippen MR) is 55.5 cm³/mol. The second-order valence-electron chi connectivity index (χ2n) is 3.12. The molecule has 5 nitrogen and oxygen atoms in total. The molecule has 0 saturated heterocycles. The number of hydrogen-bond acceptors (Lipinski definition) is 4. The van der Waals surface area contributed by atoms with E-state index in [0.29, 0.717) is 13.0 Å². The van der Waals surface area contributed by atoms with E-state index in [2.05, 4.69) is 10.1 Å². The van der Waals surface area contributed by atoms with E-state index in [0.717, 1.165) is 12.8 Å². The molecule has 0 rings (SSSR count). The topological polar surface area (TPSA) is 64.6 Å². The van der Waals surface area contributed by atoms with Crippen molar-refractivity contribution in [1.29, 1.82) is 0 Å². The van der Waals surface area contributed by atoms with Gasteiger partial charge in [0.05, 0.1) is 13.7 Å². The van der Waals surface area contributed by atoms with Gasteiger partial charge in [0.15, 0.2) is 0 Å². The van der Waals surface area contributed by atoms with Gasteiger partial charge in [-0.15, -0.1) is 0 Å². The van der Waals surface area contributed by atoms with Crippen molar-refractivity contribution in [3.8, 4) is 0 Å². The van der Waals surface area contributed by atoms with E-state index < -0.39 is 18.1 Å². The normalized spacial score (nSPS) is 11.7. The van der Waals surface area contributed by atoms with Crippen LogP contribution >= 0.6 is 0 Å². The molecule has 0 spiro atoms. The molecule has 0 aliphatic carbocycles. The molecule has 0 aromatic heterocycles. The molecule has 1 unspecified atom stereocenters. The molecular weight excluding hydrogens is 198 g/mol. The summed E-state index contributed by atoms with van der Waals surface area (Å²) in [5, 5.41) is 2.44. The smallest absolute Gasteiger partial charge is 0.407 e. The number of amides is 1. The number of ether oxygens (including phenoxy) is 2. The summed E-state index contributed by atoms with van der Waals surface area (Å²) in [6.07, 6.45) is 1.69. The summed E-state index contributed by atoms with van der Waals surface area (Å²) < 4.78 is 9.37. The molecular formula is C10H19NO4. The van der Waals surface area contributed by atoms with Gasteiger partial charge in [0.25, 0.3) is 0 Å². The average Bonchev–Trinajstić information content (AvgIpc) is 2.25. The van der Waals surface area contributed by atoms with Crippen molar-refractivity contribution >= 4 is 12.1 Å². The van der Waals surface area contributed by atoms with Crippen molar-refractivity contribution in [2.45, 2.75) is 39.2 Å². The lowest BCUT2D eigenvalue weighted by Crippen LogP contribution is -2.41. The van der Waals surface area contributed by atoms with Gasteiger partial charge >= 0.3 is 12.1 Å². The number of esters is 1. The van der Waals surface area contributed by atoms with Gasteiger partial charge in [0, 0.05) is 0 Å². The first-order valence-electron chi connectivity index (χ1n) is 5.16. The number of unbranched alkanes of at least 4 members (excludes halogenated alkanes) is 1. The number of carbonyl (C=O) groups is 2. The van der Waals surface area contributed by atoms with Crippen LogP contribution in [0.25, 0.3) is 0 Å². The minimum absolute atomic E-state index is 0.375. The summed E-state index contributed by atoms with van der Waals surface area (Å²) in [4.78, 5) is 22.3. The maximum absolute atomic E-state index is 11.2. The van der Waals surface area contributed by atoms with Gasteiger partial charge in [0.1, 0.15) is 6.04 Å². The fourth-order valence-corrected chi connectivity index (χ4v) is 0.963. The third-order valence-corrected chi connectivity index (χ3v) is 1.92. The summed E-state index contributed by atoms with van der Waals surface area (Å²) in [6.45, 7) is 4.17. The molecule has 0 aromatic rings. The number of hydrogen-bond donors (Lipinski definition) is 1. The van der Waals surface area contributed by atoms with E-state index in [1.807, 2.05) is 6.92 Å². The number of carbonyl (C=O) groups excluding carboxylic acids is 2. The first kappa shape index (κ1) is 13.7. The molecule has 1 amide bonds. The average molecular weight is 217 g/mol. The fraction of sp³-hybridized carbons (Fsp3) is 0.800. The minimum atomic E-state index is -0.621. The summed E-state index contributed by atoms with van der Waals surface area (Å²) in [7, 11) is 1.29. The Morgan fingerprint density at radius 3 is 2.47 bits per heavy atom. The van der Waals surface area contributed by atoms with Gasteiger partial charge in [-0.25, -0.2) is 9.59 Å². The molecule has 1 N–H and O–H groups in total. The van der Waals surface area contributed by atoms with Crippen molar-refractivity contribution < 1.29 is 19.1 Å². The van der Waals surface area contributed by atoms with Gasteiger partial charge in [-0.3, -0.25) is 0 Å². The quantitative estimate of drug-likeness (QED) is 0.540. The molecule has 5 heteroatoms. The molecule has 0 bridgehead atoms. The van der Waals surface area contributed by atoms with Crippen molar-refractivity contribution in [3.63, 3.8) is 0 Å². The van der Waals surface area contributed by atoms with E-state index in [1.54, 1.807) is 6.92 Å². The maximum atomic E-state index is 11.2. The second kappa shape index (κ2) is 8.08. The molecule has 0 aliphatic rings. The summed E-state index contributed by atoms with van der Waals surface area (Å²) in [5.74, 6) is -0.454. The highest BCUT2D eigenvalue weighted by Crippen LogP contribution is 1.95. The number of alkyl carbamates (subject to hydrolysis) is 1. The largest absolute Gasteiger partial charge is 0.467 e. The van der Waals surface area contributed by atoms with Gasteiger partial charge in [-0.1, -0.05) is 20.3 Å². The van der Waals surface area contributed by atoms with E-state index >= 15 is 0 Å². The number of methoxy groups -OCH3 is 1. The molecule has 1 atom stereocenters. The van der Waals surface area contributed by atoms with Crippen LogP contribution in [0.1, 0.15) is 33.1 Å². The second-order valence-corrected chi connectivity index (χ2v) is 3.12. The Morgan fingerprint density at radius 2 is 2.00 bits per heavy atom. The summed E-state index contributed by atoms with van der Waals surface area (Å²) in [6, 6.07) is -0.621. The molecule has 0 saturated carbocycles. The molecule has 0 aromatic carbocycles. The lowest BCUT2D eigenvalue weighted by Gasteiger charge is -2.14. The zero-order valence-corrected chi connectivity index (χ0v) is 9.54. The summed E-state index contributed by atoms with van der Waals surface area (Å²) in [5.41, 5.74) is 0. The van der Waals surface area contributed by atoms with Crippen LogP contribution in [-0.2, 0) is 14.3 Å². The van der Waals surface area contributed by atoms with E-state index in [9.17, 15) is 9.59 Å². The Kier molecular flexibility index (Phi) is 7.40. The molecule has 15 heavy (non-hydrogen) atoms. The van der Waals surface area contributed by atoms with Crippen LogP contribution < -0.4 is 5.32 Å². The zero-order valence-electron chi connectivity index (χ0n) is 9.54. The Labute approximate surface area is 90.1 Å². The molecule has 0 fully saturated rings. The monoisotopic (exact) mass is 217 g/mol. The third-order valence-electron chi connectivity index (χ3n) is 1.92. The van der Waals surface area contributed by atoms with E-state index in [4.69, 9.17) is 4.74 Å². The van der Waals surface area contributed by atoms with Crippen LogP contribution in [0.2, 0.25) is 0 Å². The van der Waals surface area contributed by atoms with Crippen LogP contribution in [0, 0.1) is 0 Å². The first-order valence-corrected chi connectivity index (χ1v) is 5.16. The predicted octanol–water partition coefficient (Wildman–Crippen LogP) is 1.46. The molecule has 0 radical (unpaired) electrons. The lowest BCUT2D eigenvalue weighted by atomic mass is 10.2. The molecule has 88 valence electrons. The maximum Gasteiger partial charge on any atom is 0.407 e. The van der Waals surface area contributed by atoms with Crippen LogP contribution in [0.3, 0.4) is 0 Å². The SMILES string of the molecule is CCCCOC(=O)NC(CC)C(=O)OC. The highest BCUT2D eigenvalue weighted by atomic mass is 16.6. The van der Waals surface area contributed by atoms with Crippen molar-refractivity contribution in [1.82, 2.24) is 5.32 Å². The summed E-state index contributed by atoms with van der Waals surface area (Å²) >= 11 is 0. The van der Waals surface area contributed by atoms with Crippen LogP contribution in [0.15, 0.2) is 0 Å². The Bertz CT molecular complexity index is 206. The number of nitrogens with one attached hydrogen (secondary N) is 1. The van der Waals surface area contributed by atoms with E-state index in [-0.39, 0.29) is 0 Å². The highest BCUT2D eigenvalue weighted by Gasteiger charge is 2.19. The van der Waals surface area contributed by atoms with Crippen LogP contribution in [-0.4, -0.2) is 31.8 Å². The van der Waals surface area contributed by atoms with Gasteiger partial charge in [0.2, 0.25) is 0 Å². The third kappa shape index (κ3) is 5.93. The standard InChI is InChI=1S/C10H19NO4/c1-4-6-7-15-10(13)11-8(5-2)9(12)14-3/h8H,4-7H2,1-3H3,(H,11,13). The van der Waals surface area contributed by atoms with Crippen molar-refractivity contribution in [2.75, 3.05) is 13.7 Å². The van der Waals surface area contributed by atoms with Gasteiger partial charge in [-0.2, -0.15) is 0 Å². The van der Waals surface area contributed by atoms with E-state index in [1.165, 1.54) is 7.11 Å². The Balaban J connectivity index is 3.85. The lowest BCUT2D eigenvalue weighted by molar-refractivity contribution is -0.143. The fourth-order valence-electron chi connectivity index (χ4n) is 0.963. The highest BCUT2D eigenvalue weighted by molar-refractivity contribution is 5.81. The van der Waals surface area contributed by atoms with Crippen molar-refractivity contribution in [2.24, 2.45) is 0 Å². The zero-order chi connectivity index (χ0) is 11.7. The molecule has 0 heterocycles. The molecule has 0 aliphatic heterocycles. The Hall–Kier alpha value is -1.26. The Morgan fingerprint density at radius 1 is 1.33 bits per heavy atom. The minimum Gasteiger partial charge on any atom is -0.467 e. The first-order chi connectivity index (χ1) is 7.15.